The number of H-pyrrole nitrogens is 1. The highest BCUT2D eigenvalue weighted by Gasteiger charge is 2.38. The van der Waals surface area contributed by atoms with E-state index in [2.05, 4.69) is 39.6 Å². The number of carboxylic acid groups (broad SMARTS) is 1. The van der Waals surface area contributed by atoms with Crippen molar-refractivity contribution in [1.82, 2.24) is 15.3 Å². The van der Waals surface area contributed by atoms with E-state index >= 15 is 0 Å². The maximum absolute atomic E-state index is 13.1. The molecule has 1 heterocycles. The van der Waals surface area contributed by atoms with E-state index in [0.29, 0.717) is 12.3 Å². The van der Waals surface area contributed by atoms with Gasteiger partial charge in [0, 0.05) is 5.92 Å². The molecule has 37 heavy (non-hydrogen) atoms. The monoisotopic (exact) mass is 516 g/mol. The zero-order valence-electron chi connectivity index (χ0n) is 20.2. The molecular weight excluding hydrogens is 485 g/mol. The molecule has 0 unspecified atom stereocenters. The minimum absolute atomic E-state index is 0.0645. The number of carboxylic acids is 1. The number of aromatic amines is 1. The van der Waals surface area contributed by atoms with Gasteiger partial charge in [0.25, 0.3) is 0 Å². The average molecular weight is 517 g/mol. The van der Waals surface area contributed by atoms with Gasteiger partial charge in [-0.15, -0.1) is 0 Å². The van der Waals surface area contributed by atoms with Crippen molar-refractivity contribution in [3.05, 3.63) is 78.2 Å². The molecule has 1 amide bonds. The van der Waals surface area contributed by atoms with Crippen LogP contribution in [0.15, 0.2) is 66.9 Å². The lowest BCUT2D eigenvalue weighted by Gasteiger charge is -2.28. The Morgan fingerprint density at radius 1 is 1.03 bits per heavy atom. The van der Waals surface area contributed by atoms with Crippen LogP contribution >= 0.6 is 0 Å². The van der Waals surface area contributed by atoms with Crippen molar-refractivity contribution in [2.24, 2.45) is 17.6 Å². The van der Waals surface area contributed by atoms with Crippen molar-refractivity contribution >= 4 is 11.9 Å². The second-order valence-corrected chi connectivity index (χ2v) is 9.06. The lowest BCUT2D eigenvalue weighted by molar-refractivity contribution is -0.192. The number of hydrogen-bond acceptors (Lipinski definition) is 4. The molecule has 3 aromatic rings. The summed E-state index contributed by atoms with van der Waals surface area (Å²) in [6.07, 6.45) is 1.37. The van der Waals surface area contributed by atoms with Gasteiger partial charge in [0.1, 0.15) is 5.82 Å². The van der Waals surface area contributed by atoms with Crippen LogP contribution in [0.5, 0.6) is 0 Å². The van der Waals surface area contributed by atoms with Crippen LogP contribution in [0.4, 0.5) is 13.2 Å². The fourth-order valence-electron chi connectivity index (χ4n) is 4.29. The number of hydrogen-bond donors (Lipinski definition) is 4. The average Bonchev–Trinajstić information content (AvgIpc) is 3.40. The molecule has 4 rings (SSSR count). The molecule has 5 N–H and O–H groups in total. The fraction of sp³-hybridized carbons (Fsp3) is 0.370. The summed E-state index contributed by atoms with van der Waals surface area (Å²) < 4.78 is 31.7. The van der Waals surface area contributed by atoms with Crippen molar-refractivity contribution < 1.29 is 27.9 Å². The van der Waals surface area contributed by atoms with E-state index in [4.69, 9.17) is 15.6 Å². The van der Waals surface area contributed by atoms with Crippen LogP contribution < -0.4 is 11.1 Å². The molecule has 0 bridgehead atoms. The number of nitrogens with one attached hydrogen (secondary N) is 2. The Morgan fingerprint density at radius 2 is 1.59 bits per heavy atom. The highest BCUT2D eigenvalue weighted by atomic mass is 19.4. The van der Waals surface area contributed by atoms with Gasteiger partial charge >= 0.3 is 12.1 Å². The predicted octanol–water partition coefficient (Wildman–Crippen LogP) is 4.88. The molecule has 1 saturated carbocycles. The molecule has 1 aliphatic carbocycles. The first-order chi connectivity index (χ1) is 17.7. The number of benzene rings is 2. The number of rotatable bonds is 7. The predicted molar refractivity (Wildman–Crippen MR) is 133 cm³/mol. The summed E-state index contributed by atoms with van der Waals surface area (Å²) in [4.78, 5) is 30.0. The third-order valence-corrected chi connectivity index (χ3v) is 6.40. The van der Waals surface area contributed by atoms with Gasteiger partial charge in [0.15, 0.2) is 0 Å². The van der Waals surface area contributed by atoms with E-state index in [0.717, 1.165) is 49.3 Å². The molecule has 1 fully saturated rings. The molecule has 1 aromatic heterocycles. The van der Waals surface area contributed by atoms with Crippen LogP contribution in [0.2, 0.25) is 0 Å². The molecule has 1 atom stereocenters. The van der Waals surface area contributed by atoms with Crippen LogP contribution in [0.1, 0.15) is 43.1 Å². The van der Waals surface area contributed by atoms with Gasteiger partial charge in [-0.1, -0.05) is 60.7 Å². The van der Waals surface area contributed by atoms with Crippen LogP contribution in [0, 0.1) is 11.8 Å². The van der Waals surface area contributed by atoms with E-state index in [1.165, 1.54) is 5.56 Å². The standard InChI is InChI=1S/C25H30N4O.C2HF3O2/c26-16-19-11-13-21(14-12-19)25(30)29-22(15-18-7-3-1-4-8-18)24-27-17-23(28-24)20-9-5-2-6-10-20;3-2(4,5)1(6)7/h1-10,17,19,21-22H,11-16,26H2,(H,27,28)(H,29,30);(H,6,7)/t19?,21?,22-;/m0./s1. The number of carbonyl (C=O) groups is 2. The number of aromatic nitrogens is 2. The van der Waals surface area contributed by atoms with Gasteiger partial charge in [-0.25, -0.2) is 9.78 Å². The Bertz CT molecular complexity index is 1130. The van der Waals surface area contributed by atoms with Crippen LogP contribution in [-0.2, 0) is 16.0 Å². The molecule has 1 aliphatic rings. The molecule has 0 spiro atoms. The number of nitrogens with zero attached hydrogens (tertiary/aromatic N) is 1. The molecule has 0 saturated heterocycles. The smallest absolute Gasteiger partial charge is 0.475 e. The Labute approximate surface area is 213 Å². The Morgan fingerprint density at radius 3 is 2.14 bits per heavy atom. The molecule has 0 aliphatic heterocycles. The zero-order chi connectivity index (χ0) is 26.8. The Kier molecular flexibility index (Phi) is 9.85. The summed E-state index contributed by atoms with van der Waals surface area (Å²) in [5.41, 5.74) is 9.02. The normalized spacial score (nSPS) is 18.3. The second-order valence-electron chi connectivity index (χ2n) is 9.06. The summed E-state index contributed by atoms with van der Waals surface area (Å²) in [7, 11) is 0. The van der Waals surface area contributed by atoms with Gasteiger partial charge in [-0.05, 0) is 55.7 Å². The number of aliphatic carboxylic acids is 1. The SMILES string of the molecule is NCC1CCC(C(=O)N[C@@H](Cc2ccccc2)c2ncc(-c3ccccc3)[nH]2)CC1.O=C(O)C(F)(F)F. The lowest BCUT2D eigenvalue weighted by atomic mass is 9.81. The first-order valence-electron chi connectivity index (χ1n) is 12.1. The van der Waals surface area contributed by atoms with Crippen molar-refractivity contribution in [3.8, 4) is 11.3 Å². The fourth-order valence-corrected chi connectivity index (χ4v) is 4.29. The van der Waals surface area contributed by atoms with E-state index in [1.807, 2.05) is 42.6 Å². The summed E-state index contributed by atoms with van der Waals surface area (Å²) in [5, 5.41) is 10.4. The number of alkyl halides is 3. The molecule has 198 valence electrons. The third-order valence-electron chi connectivity index (χ3n) is 6.40. The number of carbonyl (C=O) groups excluding carboxylic acids is 1. The lowest BCUT2D eigenvalue weighted by Crippen LogP contribution is -2.37. The molecule has 10 heteroatoms. The van der Waals surface area contributed by atoms with Crippen molar-refractivity contribution in [3.63, 3.8) is 0 Å². The molecular formula is C27H31F3N4O3. The zero-order valence-corrected chi connectivity index (χ0v) is 20.2. The van der Waals surface area contributed by atoms with Crippen molar-refractivity contribution in [2.75, 3.05) is 6.54 Å². The van der Waals surface area contributed by atoms with E-state index in [-0.39, 0.29) is 17.9 Å². The highest BCUT2D eigenvalue weighted by Crippen LogP contribution is 2.29. The Balaban J connectivity index is 0.000000479. The highest BCUT2D eigenvalue weighted by molar-refractivity contribution is 5.79. The summed E-state index contributed by atoms with van der Waals surface area (Å²) in [6.45, 7) is 0.722. The van der Waals surface area contributed by atoms with Crippen molar-refractivity contribution in [1.29, 1.82) is 0 Å². The van der Waals surface area contributed by atoms with Crippen LogP contribution in [0.25, 0.3) is 11.3 Å². The quantitative estimate of drug-likeness (QED) is 0.357. The number of imidazole rings is 1. The number of nitrogens with two attached hydrogens (primary N) is 1. The van der Waals surface area contributed by atoms with Gasteiger partial charge in [0.05, 0.1) is 17.9 Å². The largest absolute Gasteiger partial charge is 0.490 e. The molecule has 7 nitrogen and oxygen atoms in total. The first kappa shape index (κ1) is 27.9. The third kappa shape index (κ3) is 8.45. The van der Waals surface area contributed by atoms with E-state index < -0.39 is 12.1 Å². The van der Waals surface area contributed by atoms with Crippen LogP contribution in [-0.4, -0.2) is 39.7 Å². The van der Waals surface area contributed by atoms with Gasteiger partial charge in [0.2, 0.25) is 5.91 Å². The minimum atomic E-state index is -5.08. The number of amides is 1. The van der Waals surface area contributed by atoms with E-state index in [9.17, 15) is 18.0 Å². The maximum Gasteiger partial charge on any atom is 0.490 e. The molecule has 2 aromatic carbocycles. The summed E-state index contributed by atoms with van der Waals surface area (Å²) in [6, 6.07) is 20.2. The van der Waals surface area contributed by atoms with Crippen LogP contribution in [0.3, 0.4) is 0 Å². The van der Waals surface area contributed by atoms with Gasteiger partial charge in [-0.3, -0.25) is 4.79 Å². The first-order valence-corrected chi connectivity index (χ1v) is 12.1. The topological polar surface area (TPSA) is 121 Å². The summed E-state index contributed by atoms with van der Waals surface area (Å²) >= 11 is 0. The van der Waals surface area contributed by atoms with Gasteiger partial charge < -0.3 is 21.1 Å². The molecule has 0 radical (unpaired) electrons. The number of halogens is 3. The minimum Gasteiger partial charge on any atom is -0.475 e. The second kappa shape index (κ2) is 13.0. The Hall–Kier alpha value is -3.66. The van der Waals surface area contributed by atoms with E-state index in [1.54, 1.807) is 0 Å². The maximum atomic E-state index is 13.1. The summed E-state index contributed by atoms with van der Waals surface area (Å²) in [5.74, 6) is -1.21. The van der Waals surface area contributed by atoms with Crippen molar-refractivity contribution in [2.45, 2.75) is 44.3 Å². The van der Waals surface area contributed by atoms with Gasteiger partial charge in [-0.2, -0.15) is 13.2 Å².